The van der Waals surface area contributed by atoms with Gasteiger partial charge in [-0.05, 0) is 36.7 Å². The molecule has 1 aromatic rings. The molecular formula is C16H27N3O5S. The number of nitrogens with one attached hydrogen (secondary N) is 3. The fourth-order valence-corrected chi connectivity index (χ4v) is 3.28. The molecule has 2 rings (SSSR count). The van der Waals surface area contributed by atoms with Gasteiger partial charge in [0.1, 0.15) is 18.3 Å². The number of hydrogen-bond donors (Lipinski definition) is 7. The van der Waals surface area contributed by atoms with Gasteiger partial charge in [0.25, 0.3) is 0 Å². The largest absolute Gasteiger partial charge is 0.394 e. The summed E-state index contributed by atoms with van der Waals surface area (Å²) in [5.41, 5.74) is 1.16. The molecule has 1 heterocycles. The Morgan fingerprint density at radius 1 is 1.08 bits per heavy atom. The predicted molar refractivity (Wildman–Crippen MR) is 94.8 cm³/mol. The molecule has 5 atom stereocenters. The first kappa shape index (κ1) is 20.6. The molecule has 1 fully saturated rings. The van der Waals surface area contributed by atoms with Gasteiger partial charge in [0, 0.05) is 24.5 Å². The van der Waals surface area contributed by atoms with E-state index in [0.717, 1.165) is 30.1 Å². The molecule has 1 saturated heterocycles. The molecule has 0 radical (unpaired) electrons. The number of ether oxygens (including phenoxy) is 1. The third-order valence-electron chi connectivity index (χ3n) is 4.02. The molecule has 0 bridgehead atoms. The molecule has 0 aliphatic carbocycles. The summed E-state index contributed by atoms with van der Waals surface area (Å²) in [6, 6.07) is 6.99. The van der Waals surface area contributed by atoms with Crippen LogP contribution in [0.15, 0.2) is 29.2 Å². The van der Waals surface area contributed by atoms with Crippen molar-refractivity contribution >= 4 is 11.9 Å². The lowest BCUT2D eigenvalue weighted by Gasteiger charge is -2.40. The van der Waals surface area contributed by atoms with Crippen LogP contribution in [0.2, 0.25) is 0 Å². The van der Waals surface area contributed by atoms with Crippen molar-refractivity contribution < 1.29 is 25.2 Å². The normalized spacial score (nSPS) is 29.7. The molecule has 8 nitrogen and oxygen atoms in total. The molecule has 9 heteroatoms. The molecule has 25 heavy (non-hydrogen) atoms. The Hall–Kier alpha value is -0.750. The van der Waals surface area contributed by atoms with E-state index in [9.17, 15) is 15.3 Å². The van der Waals surface area contributed by atoms with Gasteiger partial charge in [0.05, 0.1) is 12.6 Å². The maximum atomic E-state index is 10.1. The van der Waals surface area contributed by atoms with Gasteiger partial charge in [-0.3, -0.25) is 0 Å². The zero-order valence-electron chi connectivity index (χ0n) is 14.1. The number of aliphatic hydroxyl groups excluding tert-OH is 4. The van der Waals surface area contributed by atoms with Crippen molar-refractivity contribution in [2.24, 2.45) is 0 Å². The van der Waals surface area contributed by atoms with Crippen LogP contribution >= 0.6 is 11.9 Å². The summed E-state index contributed by atoms with van der Waals surface area (Å²) in [5, 5.41) is 45.3. The van der Waals surface area contributed by atoms with Crippen LogP contribution in [0.1, 0.15) is 5.56 Å². The van der Waals surface area contributed by atoms with Crippen molar-refractivity contribution in [3.05, 3.63) is 29.8 Å². The van der Waals surface area contributed by atoms with Crippen molar-refractivity contribution in [2.75, 3.05) is 26.7 Å². The minimum absolute atomic E-state index is 0.473. The van der Waals surface area contributed by atoms with Crippen molar-refractivity contribution in [2.45, 2.75) is 42.1 Å². The number of aliphatic hydroxyl groups is 4. The van der Waals surface area contributed by atoms with E-state index < -0.39 is 37.3 Å². The van der Waals surface area contributed by atoms with Gasteiger partial charge in [-0.15, -0.1) is 0 Å². The van der Waals surface area contributed by atoms with Gasteiger partial charge in [-0.2, -0.15) is 0 Å². The van der Waals surface area contributed by atoms with E-state index in [1.165, 1.54) is 11.9 Å². The lowest BCUT2D eigenvalue weighted by atomic mass is 9.98. The van der Waals surface area contributed by atoms with Gasteiger partial charge >= 0.3 is 0 Å². The maximum Gasteiger partial charge on any atom is 0.174 e. The molecule has 1 aliphatic heterocycles. The van der Waals surface area contributed by atoms with Gasteiger partial charge in [-0.1, -0.05) is 12.1 Å². The standard InChI is InChI=1S/C16H27N3O5S/c1-17-6-7-18-8-10-2-4-11(5-3-10)25-19-13-15(22)14(21)12(9-20)24-16(13)23/h2-5,12-23H,6-9H2,1H3. The van der Waals surface area contributed by atoms with E-state index in [-0.39, 0.29) is 0 Å². The van der Waals surface area contributed by atoms with E-state index in [4.69, 9.17) is 9.84 Å². The van der Waals surface area contributed by atoms with Crippen molar-refractivity contribution in [3.63, 3.8) is 0 Å². The summed E-state index contributed by atoms with van der Waals surface area (Å²) in [5.74, 6) is 0. The van der Waals surface area contributed by atoms with Crippen LogP contribution in [0.25, 0.3) is 0 Å². The van der Waals surface area contributed by atoms with Gasteiger partial charge in [-0.25, -0.2) is 4.72 Å². The lowest BCUT2D eigenvalue weighted by molar-refractivity contribution is -0.251. The Balaban J connectivity index is 1.82. The van der Waals surface area contributed by atoms with Crippen molar-refractivity contribution in [1.29, 1.82) is 0 Å². The predicted octanol–water partition coefficient (Wildman–Crippen LogP) is -1.61. The van der Waals surface area contributed by atoms with Crippen LogP contribution in [0.5, 0.6) is 0 Å². The first-order chi connectivity index (χ1) is 12.1. The number of benzene rings is 1. The molecular weight excluding hydrogens is 346 g/mol. The van der Waals surface area contributed by atoms with Crippen LogP contribution in [0.4, 0.5) is 0 Å². The second-order valence-corrected chi connectivity index (χ2v) is 6.81. The molecule has 0 aromatic heterocycles. The van der Waals surface area contributed by atoms with Crippen LogP contribution in [0.3, 0.4) is 0 Å². The molecule has 0 amide bonds. The van der Waals surface area contributed by atoms with Crippen LogP contribution in [0, 0.1) is 0 Å². The summed E-state index contributed by atoms with van der Waals surface area (Å²) in [6.45, 7) is 2.11. The molecule has 5 unspecified atom stereocenters. The number of hydrogen-bond acceptors (Lipinski definition) is 9. The third-order valence-corrected chi connectivity index (χ3v) is 4.92. The minimum Gasteiger partial charge on any atom is -0.394 e. The second-order valence-electron chi connectivity index (χ2n) is 5.90. The Bertz CT molecular complexity index is 507. The first-order valence-electron chi connectivity index (χ1n) is 8.24. The highest BCUT2D eigenvalue weighted by molar-refractivity contribution is 7.97. The summed E-state index contributed by atoms with van der Waals surface area (Å²) in [6.07, 6.45) is -4.83. The fourth-order valence-electron chi connectivity index (χ4n) is 2.48. The molecule has 142 valence electrons. The minimum atomic E-state index is -1.32. The Labute approximate surface area is 151 Å². The average molecular weight is 373 g/mol. The Morgan fingerprint density at radius 2 is 1.80 bits per heavy atom. The van der Waals surface area contributed by atoms with Crippen LogP contribution < -0.4 is 15.4 Å². The lowest BCUT2D eigenvalue weighted by Crippen LogP contribution is -2.62. The Kier molecular flexibility index (Phi) is 8.56. The van der Waals surface area contributed by atoms with Gasteiger partial charge < -0.3 is 35.8 Å². The van der Waals surface area contributed by atoms with Crippen molar-refractivity contribution in [1.82, 2.24) is 15.4 Å². The highest BCUT2D eigenvalue weighted by atomic mass is 32.2. The van der Waals surface area contributed by atoms with E-state index in [0.29, 0.717) is 0 Å². The monoisotopic (exact) mass is 373 g/mol. The number of likely N-dealkylation sites (N-methyl/N-ethyl adjacent to an activating group) is 1. The molecule has 1 aliphatic rings. The fraction of sp³-hybridized carbons (Fsp3) is 0.625. The zero-order chi connectivity index (χ0) is 18.2. The first-order valence-corrected chi connectivity index (χ1v) is 9.05. The Morgan fingerprint density at radius 3 is 2.44 bits per heavy atom. The summed E-state index contributed by atoms with van der Waals surface area (Å²) >= 11 is 1.23. The van der Waals surface area contributed by atoms with E-state index >= 15 is 0 Å². The quantitative estimate of drug-likeness (QED) is 0.202. The van der Waals surface area contributed by atoms with E-state index in [1.54, 1.807) is 0 Å². The topological polar surface area (TPSA) is 126 Å². The molecule has 1 aromatic carbocycles. The highest BCUT2D eigenvalue weighted by Gasteiger charge is 2.43. The molecule has 7 N–H and O–H groups in total. The van der Waals surface area contributed by atoms with Crippen molar-refractivity contribution in [3.8, 4) is 0 Å². The molecule has 0 spiro atoms. The average Bonchev–Trinajstić information content (AvgIpc) is 2.63. The van der Waals surface area contributed by atoms with E-state index in [1.807, 2.05) is 31.3 Å². The smallest absolute Gasteiger partial charge is 0.174 e. The van der Waals surface area contributed by atoms with Crippen LogP contribution in [-0.4, -0.2) is 77.8 Å². The summed E-state index contributed by atoms with van der Waals surface area (Å²) in [7, 11) is 1.91. The SMILES string of the molecule is CNCCNCc1ccc(SNC2C(O)OC(CO)C(O)C2O)cc1. The molecule has 0 saturated carbocycles. The van der Waals surface area contributed by atoms with E-state index in [2.05, 4.69) is 15.4 Å². The maximum absolute atomic E-state index is 10.1. The van der Waals surface area contributed by atoms with Crippen LogP contribution in [-0.2, 0) is 11.3 Å². The zero-order valence-corrected chi connectivity index (χ0v) is 14.9. The second kappa shape index (κ2) is 10.4. The van der Waals surface area contributed by atoms with Gasteiger partial charge in [0.15, 0.2) is 6.29 Å². The summed E-state index contributed by atoms with van der Waals surface area (Å²) < 4.78 is 8.03. The van der Waals surface area contributed by atoms with Gasteiger partial charge in [0.2, 0.25) is 0 Å². The highest BCUT2D eigenvalue weighted by Crippen LogP contribution is 2.24. The number of rotatable bonds is 9. The summed E-state index contributed by atoms with van der Waals surface area (Å²) in [4.78, 5) is 0.900. The third kappa shape index (κ3) is 5.88.